The van der Waals surface area contributed by atoms with Gasteiger partial charge in [0.25, 0.3) is 0 Å². The maximum Gasteiger partial charge on any atom is 0.0951 e. The van der Waals surface area contributed by atoms with Crippen molar-refractivity contribution in [1.29, 1.82) is 0 Å². The van der Waals surface area contributed by atoms with E-state index in [4.69, 9.17) is 0 Å². The van der Waals surface area contributed by atoms with Crippen molar-refractivity contribution >= 4 is 21.6 Å². The molecule has 1 atom stereocenters. The maximum absolute atomic E-state index is 4.67. The van der Waals surface area contributed by atoms with Gasteiger partial charge < -0.3 is 5.32 Å². The molecule has 2 aromatic rings. The van der Waals surface area contributed by atoms with Gasteiger partial charge in [0, 0.05) is 19.0 Å². The second-order valence-electron chi connectivity index (χ2n) is 5.53. The van der Waals surface area contributed by atoms with E-state index in [1.807, 2.05) is 11.3 Å². The topological polar surface area (TPSA) is 24.9 Å². The predicted octanol–water partition coefficient (Wildman–Crippen LogP) is 4.79. The van der Waals surface area contributed by atoms with Crippen molar-refractivity contribution in [3.63, 3.8) is 0 Å². The molecule has 1 heterocycles. The normalized spacial score (nSPS) is 12.9. The van der Waals surface area contributed by atoms with E-state index in [0.29, 0.717) is 6.04 Å². The van der Waals surface area contributed by atoms with Crippen LogP contribution >= 0.6 is 11.3 Å². The summed E-state index contributed by atoms with van der Waals surface area (Å²) in [5.41, 5.74) is 1.14. The third kappa shape index (κ3) is 4.88. The lowest BCUT2D eigenvalue weighted by molar-refractivity contribution is 0.486. The highest BCUT2D eigenvalue weighted by Crippen LogP contribution is 2.21. The number of benzene rings is 1. The number of nitrogens with one attached hydrogen (secondary N) is 1. The molecule has 1 aromatic carbocycles. The predicted molar refractivity (Wildman–Crippen MR) is 89.5 cm³/mol. The summed E-state index contributed by atoms with van der Waals surface area (Å²) in [7, 11) is 0. The SMILES string of the molecule is CCCCCCC(C)NCCc1nc2ccccc2s1. The highest BCUT2D eigenvalue weighted by Gasteiger charge is 2.04. The van der Waals surface area contributed by atoms with Gasteiger partial charge in [0.05, 0.1) is 15.2 Å². The second kappa shape index (κ2) is 8.38. The molecule has 2 nitrogen and oxygen atoms in total. The molecule has 0 saturated carbocycles. The molecule has 2 rings (SSSR count). The van der Waals surface area contributed by atoms with Crippen molar-refractivity contribution in [2.45, 2.75) is 58.4 Å². The molecule has 0 saturated heterocycles. The van der Waals surface area contributed by atoms with Crippen LogP contribution in [0.2, 0.25) is 0 Å². The molecule has 0 spiro atoms. The van der Waals surface area contributed by atoms with Gasteiger partial charge in [-0.25, -0.2) is 4.98 Å². The lowest BCUT2D eigenvalue weighted by Crippen LogP contribution is -2.27. The fourth-order valence-electron chi connectivity index (χ4n) is 2.43. The highest BCUT2D eigenvalue weighted by molar-refractivity contribution is 7.18. The molecule has 0 radical (unpaired) electrons. The van der Waals surface area contributed by atoms with Gasteiger partial charge in [0.15, 0.2) is 0 Å². The van der Waals surface area contributed by atoms with Crippen LogP contribution in [0.5, 0.6) is 0 Å². The summed E-state index contributed by atoms with van der Waals surface area (Å²) >= 11 is 1.82. The van der Waals surface area contributed by atoms with Crippen molar-refractivity contribution in [3.05, 3.63) is 29.3 Å². The van der Waals surface area contributed by atoms with Crippen molar-refractivity contribution < 1.29 is 0 Å². The van der Waals surface area contributed by atoms with E-state index in [1.165, 1.54) is 41.8 Å². The van der Waals surface area contributed by atoms with Gasteiger partial charge in [-0.15, -0.1) is 11.3 Å². The number of aromatic nitrogens is 1. The third-order valence-corrected chi connectivity index (χ3v) is 4.76. The Morgan fingerprint density at radius 1 is 1.20 bits per heavy atom. The third-order valence-electron chi connectivity index (χ3n) is 3.66. The first-order chi connectivity index (χ1) is 9.79. The number of hydrogen-bond acceptors (Lipinski definition) is 3. The lowest BCUT2D eigenvalue weighted by atomic mass is 10.1. The molecule has 1 N–H and O–H groups in total. The minimum atomic E-state index is 0.626. The molecule has 1 unspecified atom stereocenters. The Kier molecular flexibility index (Phi) is 6.48. The number of unbranched alkanes of at least 4 members (excludes halogenated alkanes) is 3. The van der Waals surface area contributed by atoms with Crippen LogP contribution < -0.4 is 5.32 Å². The van der Waals surface area contributed by atoms with Crippen molar-refractivity contribution in [2.75, 3.05) is 6.54 Å². The Labute approximate surface area is 126 Å². The van der Waals surface area contributed by atoms with E-state index in [2.05, 4.69) is 48.4 Å². The van der Waals surface area contributed by atoms with Crippen molar-refractivity contribution in [1.82, 2.24) is 10.3 Å². The number of thiazole rings is 1. The Morgan fingerprint density at radius 3 is 2.85 bits per heavy atom. The summed E-state index contributed by atoms with van der Waals surface area (Å²) in [6, 6.07) is 9.02. The number of fused-ring (bicyclic) bond motifs is 1. The molecule has 0 bridgehead atoms. The average molecular weight is 290 g/mol. The van der Waals surface area contributed by atoms with Crippen LogP contribution in [0.15, 0.2) is 24.3 Å². The summed E-state index contributed by atoms with van der Waals surface area (Å²) in [6.45, 7) is 5.60. The summed E-state index contributed by atoms with van der Waals surface area (Å²) in [6.07, 6.45) is 7.75. The van der Waals surface area contributed by atoms with E-state index < -0.39 is 0 Å². The van der Waals surface area contributed by atoms with Gasteiger partial charge in [0.1, 0.15) is 0 Å². The fourth-order valence-corrected chi connectivity index (χ4v) is 3.40. The first-order valence-electron chi connectivity index (χ1n) is 7.87. The summed E-state index contributed by atoms with van der Waals surface area (Å²) in [5, 5.41) is 4.87. The number of nitrogens with zero attached hydrogens (tertiary/aromatic N) is 1. The van der Waals surface area contributed by atoms with Gasteiger partial charge >= 0.3 is 0 Å². The molecule has 1 aromatic heterocycles. The fraction of sp³-hybridized carbons (Fsp3) is 0.588. The van der Waals surface area contributed by atoms with Gasteiger partial charge in [-0.1, -0.05) is 44.7 Å². The monoisotopic (exact) mass is 290 g/mol. The standard InChI is InChI=1S/C17H26N2S/c1-3-4-5-6-9-14(2)18-13-12-17-19-15-10-7-8-11-16(15)20-17/h7-8,10-11,14,18H,3-6,9,12-13H2,1-2H3. The van der Waals surface area contributed by atoms with Crippen LogP contribution in [0.25, 0.3) is 10.2 Å². The number of rotatable bonds is 9. The highest BCUT2D eigenvalue weighted by atomic mass is 32.1. The summed E-state index contributed by atoms with van der Waals surface area (Å²) in [4.78, 5) is 4.67. The summed E-state index contributed by atoms with van der Waals surface area (Å²) < 4.78 is 1.30. The van der Waals surface area contributed by atoms with Crippen LogP contribution in [-0.4, -0.2) is 17.6 Å². The van der Waals surface area contributed by atoms with Crippen LogP contribution in [-0.2, 0) is 6.42 Å². The Bertz CT molecular complexity index is 473. The molecule has 3 heteroatoms. The quantitative estimate of drug-likeness (QED) is 0.672. The van der Waals surface area contributed by atoms with E-state index in [0.717, 1.165) is 18.5 Å². The zero-order valence-electron chi connectivity index (χ0n) is 12.7. The molecule has 0 aliphatic rings. The molecule has 20 heavy (non-hydrogen) atoms. The molecule has 0 aliphatic carbocycles. The maximum atomic E-state index is 4.67. The Morgan fingerprint density at radius 2 is 2.05 bits per heavy atom. The van der Waals surface area contributed by atoms with E-state index in [-0.39, 0.29) is 0 Å². The van der Waals surface area contributed by atoms with E-state index >= 15 is 0 Å². The average Bonchev–Trinajstić information content (AvgIpc) is 2.86. The van der Waals surface area contributed by atoms with Crippen LogP contribution in [0.3, 0.4) is 0 Å². The minimum Gasteiger partial charge on any atom is -0.314 e. The second-order valence-corrected chi connectivity index (χ2v) is 6.65. The van der Waals surface area contributed by atoms with Crippen LogP contribution in [0.1, 0.15) is 51.0 Å². The minimum absolute atomic E-state index is 0.626. The molecular formula is C17H26N2S. The first-order valence-corrected chi connectivity index (χ1v) is 8.69. The molecule has 0 aliphatic heterocycles. The van der Waals surface area contributed by atoms with Crippen molar-refractivity contribution in [2.24, 2.45) is 0 Å². The van der Waals surface area contributed by atoms with Gasteiger partial charge in [-0.2, -0.15) is 0 Å². The first kappa shape index (κ1) is 15.5. The molecule has 0 amide bonds. The van der Waals surface area contributed by atoms with E-state index in [9.17, 15) is 0 Å². The zero-order chi connectivity index (χ0) is 14.2. The van der Waals surface area contributed by atoms with Gasteiger partial charge in [0.2, 0.25) is 0 Å². The smallest absolute Gasteiger partial charge is 0.0951 e. The van der Waals surface area contributed by atoms with Crippen LogP contribution in [0.4, 0.5) is 0 Å². The number of hydrogen-bond donors (Lipinski definition) is 1. The van der Waals surface area contributed by atoms with Crippen LogP contribution in [0, 0.1) is 0 Å². The van der Waals surface area contributed by atoms with Crippen molar-refractivity contribution in [3.8, 4) is 0 Å². The van der Waals surface area contributed by atoms with E-state index in [1.54, 1.807) is 0 Å². The number of para-hydroxylation sites is 1. The molecular weight excluding hydrogens is 264 g/mol. The summed E-state index contributed by atoms with van der Waals surface area (Å²) in [5.74, 6) is 0. The molecule has 110 valence electrons. The lowest BCUT2D eigenvalue weighted by Gasteiger charge is -2.12. The van der Waals surface area contributed by atoms with Gasteiger partial charge in [-0.3, -0.25) is 0 Å². The zero-order valence-corrected chi connectivity index (χ0v) is 13.5. The van der Waals surface area contributed by atoms with Gasteiger partial charge in [-0.05, 0) is 25.5 Å². The Balaban J connectivity index is 1.67. The Hall–Kier alpha value is -0.930. The molecule has 0 fully saturated rings. The largest absolute Gasteiger partial charge is 0.314 e.